The summed E-state index contributed by atoms with van der Waals surface area (Å²) in [6.07, 6.45) is 2.54. The number of thiophene rings is 1. The van der Waals surface area contributed by atoms with Crippen molar-refractivity contribution in [1.29, 1.82) is 0 Å². The van der Waals surface area contributed by atoms with Gasteiger partial charge in [-0.3, -0.25) is 4.79 Å². The van der Waals surface area contributed by atoms with Crippen LogP contribution in [0, 0.1) is 6.92 Å². The van der Waals surface area contributed by atoms with Crippen molar-refractivity contribution in [2.45, 2.75) is 19.9 Å². The van der Waals surface area contributed by atoms with Crippen LogP contribution >= 0.6 is 11.3 Å². The number of amides is 1. The van der Waals surface area contributed by atoms with Crippen LogP contribution < -0.4 is 9.64 Å². The molecule has 0 aromatic carbocycles. The number of piperazine rings is 1. The molecule has 2 aliphatic heterocycles. The molecule has 2 aliphatic rings. The molecule has 27 heavy (non-hydrogen) atoms. The summed E-state index contributed by atoms with van der Waals surface area (Å²) in [5, 5.41) is 6.54. The number of carbonyl (C=O) groups is 1. The van der Waals surface area contributed by atoms with Gasteiger partial charge in [-0.15, -0.1) is 11.3 Å². The number of ether oxygens (including phenoxy) is 1. The molecule has 0 aliphatic carbocycles. The Hall–Kier alpha value is -2.68. The SMILES string of the molecule is Cc1c(C(=O)N2CCN(c3ncnc4ccsc34)CC2)nn2c1OCCC2. The Morgan fingerprint density at radius 1 is 1.19 bits per heavy atom. The van der Waals surface area contributed by atoms with E-state index in [2.05, 4.69) is 20.0 Å². The molecule has 0 spiro atoms. The van der Waals surface area contributed by atoms with Crippen molar-refractivity contribution in [2.75, 3.05) is 37.7 Å². The fraction of sp³-hybridized carbons (Fsp3) is 0.444. The summed E-state index contributed by atoms with van der Waals surface area (Å²) in [4.78, 5) is 25.9. The maximum Gasteiger partial charge on any atom is 0.274 e. The highest BCUT2D eigenvalue weighted by Gasteiger charge is 2.29. The molecule has 9 heteroatoms. The number of aryl methyl sites for hydroxylation is 1. The zero-order valence-corrected chi connectivity index (χ0v) is 15.9. The molecular formula is C18H20N6O2S. The van der Waals surface area contributed by atoms with Gasteiger partial charge >= 0.3 is 0 Å². The molecule has 8 nitrogen and oxygen atoms in total. The van der Waals surface area contributed by atoms with Gasteiger partial charge in [-0.1, -0.05) is 0 Å². The molecular weight excluding hydrogens is 364 g/mol. The van der Waals surface area contributed by atoms with Crippen LogP contribution in [0.3, 0.4) is 0 Å². The van der Waals surface area contributed by atoms with Crippen molar-refractivity contribution < 1.29 is 9.53 Å². The average molecular weight is 384 g/mol. The van der Waals surface area contributed by atoms with E-state index in [1.54, 1.807) is 17.7 Å². The smallest absolute Gasteiger partial charge is 0.274 e. The third-order valence-corrected chi connectivity index (χ3v) is 6.08. The summed E-state index contributed by atoms with van der Waals surface area (Å²) in [5.74, 6) is 1.69. The van der Waals surface area contributed by atoms with Gasteiger partial charge in [0.25, 0.3) is 5.91 Å². The normalized spacial score (nSPS) is 17.1. The van der Waals surface area contributed by atoms with Crippen LogP contribution in [0.25, 0.3) is 10.2 Å². The lowest BCUT2D eigenvalue weighted by molar-refractivity contribution is 0.0739. The van der Waals surface area contributed by atoms with Crippen LogP contribution in [-0.4, -0.2) is 63.3 Å². The molecule has 0 N–H and O–H groups in total. The lowest BCUT2D eigenvalue weighted by atomic mass is 10.2. The Bertz CT molecular complexity index is 1000. The Morgan fingerprint density at radius 2 is 2.04 bits per heavy atom. The minimum Gasteiger partial charge on any atom is -0.478 e. The largest absolute Gasteiger partial charge is 0.478 e. The highest BCUT2D eigenvalue weighted by Crippen LogP contribution is 2.29. The highest BCUT2D eigenvalue weighted by molar-refractivity contribution is 7.17. The number of anilines is 1. The van der Waals surface area contributed by atoms with Crippen molar-refractivity contribution in [2.24, 2.45) is 0 Å². The lowest BCUT2D eigenvalue weighted by Crippen LogP contribution is -2.49. The third-order valence-electron chi connectivity index (χ3n) is 5.18. The standard InChI is InChI=1S/C18H20N6O2S/c1-12-14(21-24-4-2-9-26-18(12)24)17(25)23-7-5-22(6-8-23)16-15-13(3-10-27-15)19-11-20-16/h3,10-11H,2,4-9H2,1H3. The van der Waals surface area contributed by atoms with E-state index in [4.69, 9.17) is 4.74 Å². The second-order valence-electron chi connectivity index (χ2n) is 6.82. The summed E-state index contributed by atoms with van der Waals surface area (Å²) >= 11 is 1.65. The van der Waals surface area contributed by atoms with E-state index >= 15 is 0 Å². The first-order chi connectivity index (χ1) is 13.2. The second kappa shape index (κ2) is 6.49. The average Bonchev–Trinajstić information content (AvgIpc) is 3.32. The van der Waals surface area contributed by atoms with Crippen molar-refractivity contribution in [3.63, 3.8) is 0 Å². The molecule has 0 bridgehead atoms. The van der Waals surface area contributed by atoms with Crippen LogP contribution in [0.5, 0.6) is 5.88 Å². The zero-order valence-electron chi connectivity index (χ0n) is 15.1. The van der Waals surface area contributed by atoms with E-state index in [-0.39, 0.29) is 5.91 Å². The van der Waals surface area contributed by atoms with E-state index in [1.165, 1.54) is 0 Å². The Balaban J connectivity index is 1.33. The maximum atomic E-state index is 13.0. The highest BCUT2D eigenvalue weighted by atomic mass is 32.1. The van der Waals surface area contributed by atoms with Gasteiger partial charge in [-0.05, 0) is 18.4 Å². The minimum absolute atomic E-state index is 0.0124. The van der Waals surface area contributed by atoms with Gasteiger partial charge in [0.2, 0.25) is 5.88 Å². The van der Waals surface area contributed by atoms with Gasteiger partial charge in [-0.2, -0.15) is 5.10 Å². The van der Waals surface area contributed by atoms with Gasteiger partial charge in [0, 0.05) is 44.7 Å². The molecule has 0 unspecified atom stereocenters. The second-order valence-corrected chi connectivity index (χ2v) is 7.73. The van der Waals surface area contributed by atoms with Crippen LogP contribution in [0.4, 0.5) is 5.82 Å². The molecule has 0 saturated carbocycles. The topological polar surface area (TPSA) is 76.4 Å². The van der Waals surface area contributed by atoms with Crippen molar-refractivity contribution in [1.82, 2.24) is 24.6 Å². The molecule has 140 valence electrons. The maximum absolute atomic E-state index is 13.0. The van der Waals surface area contributed by atoms with Crippen LogP contribution in [0.2, 0.25) is 0 Å². The van der Waals surface area contributed by atoms with Gasteiger partial charge in [-0.25, -0.2) is 14.6 Å². The number of fused-ring (bicyclic) bond motifs is 2. The molecule has 0 radical (unpaired) electrons. The molecule has 5 rings (SSSR count). The van der Waals surface area contributed by atoms with E-state index < -0.39 is 0 Å². The Labute approximate surface area is 160 Å². The number of aromatic nitrogens is 4. The predicted octanol–water partition coefficient (Wildman–Crippen LogP) is 1.94. The van der Waals surface area contributed by atoms with Gasteiger partial charge in [0.15, 0.2) is 5.69 Å². The first-order valence-electron chi connectivity index (χ1n) is 9.15. The van der Waals surface area contributed by atoms with Gasteiger partial charge in [0.1, 0.15) is 12.1 Å². The first kappa shape index (κ1) is 16.5. The molecule has 3 aromatic rings. The quantitative estimate of drug-likeness (QED) is 0.672. The molecule has 3 aromatic heterocycles. The summed E-state index contributed by atoms with van der Waals surface area (Å²) in [7, 11) is 0. The minimum atomic E-state index is -0.0124. The van der Waals surface area contributed by atoms with Crippen molar-refractivity contribution in [3.8, 4) is 5.88 Å². The number of rotatable bonds is 2. The Kier molecular flexibility index (Phi) is 3.96. The van der Waals surface area contributed by atoms with Crippen molar-refractivity contribution >= 4 is 33.3 Å². The van der Waals surface area contributed by atoms with Crippen LogP contribution in [0.15, 0.2) is 17.8 Å². The Morgan fingerprint density at radius 3 is 2.85 bits per heavy atom. The van der Waals surface area contributed by atoms with E-state index in [9.17, 15) is 4.79 Å². The summed E-state index contributed by atoms with van der Waals surface area (Å²) in [6.45, 7) is 6.22. The molecule has 1 saturated heterocycles. The zero-order chi connectivity index (χ0) is 18.4. The third kappa shape index (κ3) is 2.73. The summed E-state index contributed by atoms with van der Waals surface area (Å²) in [6, 6.07) is 2.01. The first-order valence-corrected chi connectivity index (χ1v) is 10.0. The number of nitrogens with zero attached hydrogens (tertiary/aromatic N) is 6. The van der Waals surface area contributed by atoms with Gasteiger partial charge < -0.3 is 14.5 Å². The predicted molar refractivity (Wildman–Crippen MR) is 103 cm³/mol. The van der Waals surface area contributed by atoms with Gasteiger partial charge in [0.05, 0.1) is 16.8 Å². The lowest BCUT2D eigenvalue weighted by Gasteiger charge is -2.35. The molecule has 1 amide bonds. The fourth-order valence-corrected chi connectivity index (χ4v) is 4.59. The summed E-state index contributed by atoms with van der Waals surface area (Å²) in [5.41, 5.74) is 2.34. The van der Waals surface area contributed by atoms with E-state index in [1.807, 2.05) is 28.0 Å². The molecule has 1 fully saturated rings. The van der Waals surface area contributed by atoms with E-state index in [0.717, 1.165) is 53.5 Å². The molecule has 0 atom stereocenters. The van der Waals surface area contributed by atoms with Crippen molar-refractivity contribution in [3.05, 3.63) is 29.0 Å². The number of hydrogen-bond acceptors (Lipinski definition) is 7. The van der Waals surface area contributed by atoms with Crippen LogP contribution in [0.1, 0.15) is 22.5 Å². The van der Waals surface area contributed by atoms with E-state index in [0.29, 0.717) is 25.4 Å². The van der Waals surface area contributed by atoms with Crippen LogP contribution in [-0.2, 0) is 6.54 Å². The number of carbonyl (C=O) groups excluding carboxylic acids is 1. The fourth-order valence-electron chi connectivity index (χ4n) is 3.73. The monoisotopic (exact) mass is 384 g/mol. The number of hydrogen-bond donors (Lipinski definition) is 0. The summed E-state index contributed by atoms with van der Waals surface area (Å²) < 4.78 is 8.61. The molecule has 5 heterocycles.